The van der Waals surface area contributed by atoms with Crippen LogP contribution in [0, 0.1) is 0 Å². The monoisotopic (exact) mass is 217 g/mol. The summed E-state index contributed by atoms with van der Waals surface area (Å²) in [5.41, 5.74) is 0. The summed E-state index contributed by atoms with van der Waals surface area (Å²) in [5, 5.41) is 0.879. The van der Waals surface area contributed by atoms with Crippen molar-refractivity contribution in [1.29, 1.82) is 0 Å². The summed E-state index contributed by atoms with van der Waals surface area (Å²) < 4.78 is 0. The second-order valence-electron chi connectivity index (χ2n) is 2.67. The van der Waals surface area contributed by atoms with Gasteiger partial charge in [-0.2, -0.15) is 0 Å². The van der Waals surface area contributed by atoms with Crippen molar-refractivity contribution in [3.05, 3.63) is 22.3 Å². The van der Waals surface area contributed by atoms with Crippen LogP contribution in [0.15, 0.2) is 17.1 Å². The summed E-state index contributed by atoms with van der Waals surface area (Å²) in [6.45, 7) is 0. The molecule has 0 radical (unpaired) electrons. The van der Waals surface area contributed by atoms with Gasteiger partial charge in [-0.05, 0) is 6.07 Å². The zero-order chi connectivity index (χ0) is 9.84. The first-order valence-electron chi connectivity index (χ1n) is 3.61. The predicted octanol–water partition coefficient (Wildman–Crippen LogP) is 2.61. The van der Waals surface area contributed by atoms with Crippen LogP contribution >= 0.6 is 23.2 Å². The van der Waals surface area contributed by atoms with E-state index in [0.29, 0.717) is 16.0 Å². The molecule has 0 atom stereocenters. The third-order valence-electron chi connectivity index (χ3n) is 1.17. The van der Waals surface area contributed by atoms with Gasteiger partial charge in [0, 0.05) is 25.2 Å². The molecule has 0 N–H and O–H groups in total. The number of rotatable bonds is 2. The van der Waals surface area contributed by atoms with Gasteiger partial charge in [0.1, 0.15) is 5.15 Å². The average molecular weight is 218 g/mol. The lowest BCUT2D eigenvalue weighted by atomic mass is 10.5. The average Bonchev–Trinajstić information content (AvgIpc) is 1.99. The molecule has 70 valence electrons. The largest absolute Gasteiger partial charge is 0.369 e. The predicted molar refractivity (Wildman–Crippen MR) is 56.1 cm³/mol. The lowest BCUT2D eigenvalue weighted by Gasteiger charge is -2.02. The number of aliphatic imine (C=N–C) groups is 1. The van der Waals surface area contributed by atoms with Crippen molar-refractivity contribution in [2.45, 2.75) is 0 Å². The Kier molecular flexibility index (Phi) is 3.51. The molecular formula is C8H9Cl2N3. The number of halogens is 2. The molecule has 0 bridgehead atoms. The standard InChI is InChI=1S/C8H9Cl2N3/c1-13(2)5-11-8-4-6(9)3-7(10)12-8/h3-5H,1-2H3. The Morgan fingerprint density at radius 2 is 2.08 bits per heavy atom. The molecule has 1 rings (SSSR count). The van der Waals surface area contributed by atoms with Crippen molar-refractivity contribution in [3.8, 4) is 0 Å². The molecule has 1 heterocycles. The molecule has 1 aromatic rings. The van der Waals surface area contributed by atoms with E-state index in [9.17, 15) is 0 Å². The maximum absolute atomic E-state index is 5.75. The molecule has 13 heavy (non-hydrogen) atoms. The second kappa shape index (κ2) is 4.44. The van der Waals surface area contributed by atoms with Crippen LogP contribution in [0.5, 0.6) is 0 Å². The van der Waals surface area contributed by atoms with E-state index in [-0.39, 0.29) is 0 Å². The molecule has 0 aliphatic heterocycles. The van der Waals surface area contributed by atoms with E-state index in [1.807, 2.05) is 14.1 Å². The summed E-state index contributed by atoms with van der Waals surface area (Å²) in [4.78, 5) is 9.81. The van der Waals surface area contributed by atoms with E-state index in [1.165, 1.54) is 0 Å². The fraction of sp³-hybridized carbons (Fsp3) is 0.250. The highest BCUT2D eigenvalue weighted by atomic mass is 35.5. The maximum Gasteiger partial charge on any atom is 0.156 e. The quantitative estimate of drug-likeness (QED) is 0.433. The Morgan fingerprint density at radius 3 is 2.62 bits per heavy atom. The van der Waals surface area contributed by atoms with Crippen LogP contribution in [0.3, 0.4) is 0 Å². The van der Waals surface area contributed by atoms with Crippen LogP contribution in [0.2, 0.25) is 10.2 Å². The van der Waals surface area contributed by atoms with E-state index >= 15 is 0 Å². The molecule has 0 unspecified atom stereocenters. The SMILES string of the molecule is CN(C)C=Nc1cc(Cl)cc(Cl)n1. The summed E-state index contributed by atoms with van der Waals surface area (Å²) >= 11 is 11.4. The van der Waals surface area contributed by atoms with E-state index in [1.54, 1.807) is 23.4 Å². The van der Waals surface area contributed by atoms with Gasteiger partial charge in [0.15, 0.2) is 5.82 Å². The molecule has 0 saturated heterocycles. The smallest absolute Gasteiger partial charge is 0.156 e. The van der Waals surface area contributed by atoms with E-state index < -0.39 is 0 Å². The molecule has 0 aliphatic rings. The van der Waals surface area contributed by atoms with Crippen LogP contribution in [-0.2, 0) is 0 Å². The number of hydrogen-bond donors (Lipinski definition) is 0. The highest BCUT2D eigenvalue weighted by Gasteiger charge is 1.96. The molecule has 0 fully saturated rings. The highest BCUT2D eigenvalue weighted by molar-refractivity contribution is 6.34. The number of aromatic nitrogens is 1. The molecule has 1 aromatic heterocycles. The first-order valence-corrected chi connectivity index (χ1v) is 4.37. The molecule has 3 nitrogen and oxygen atoms in total. The number of pyridine rings is 1. The molecule has 0 aliphatic carbocycles. The highest BCUT2D eigenvalue weighted by Crippen LogP contribution is 2.19. The third kappa shape index (κ3) is 3.61. The number of hydrogen-bond acceptors (Lipinski definition) is 2. The Labute approximate surface area is 87.0 Å². The van der Waals surface area contributed by atoms with Crippen molar-refractivity contribution < 1.29 is 0 Å². The van der Waals surface area contributed by atoms with Crippen molar-refractivity contribution in [2.75, 3.05) is 14.1 Å². The normalized spacial score (nSPS) is 10.8. The summed E-state index contributed by atoms with van der Waals surface area (Å²) in [5.74, 6) is 0.506. The summed E-state index contributed by atoms with van der Waals surface area (Å²) in [6.07, 6.45) is 1.63. The minimum Gasteiger partial charge on any atom is -0.369 e. The fourth-order valence-corrected chi connectivity index (χ4v) is 1.15. The molecule has 0 spiro atoms. The second-order valence-corrected chi connectivity index (χ2v) is 3.50. The van der Waals surface area contributed by atoms with Gasteiger partial charge in [0.2, 0.25) is 0 Å². The summed E-state index contributed by atoms with van der Waals surface area (Å²) in [6, 6.07) is 3.21. The Balaban J connectivity index is 2.89. The van der Waals surface area contributed by atoms with Gasteiger partial charge in [-0.1, -0.05) is 23.2 Å². The molecule has 0 amide bonds. The molecular weight excluding hydrogens is 209 g/mol. The number of nitrogens with zero attached hydrogens (tertiary/aromatic N) is 3. The van der Waals surface area contributed by atoms with Crippen LogP contribution in [0.25, 0.3) is 0 Å². The Morgan fingerprint density at radius 1 is 1.38 bits per heavy atom. The van der Waals surface area contributed by atoms with Gasteiger partial charge in [0.25, 0.3) is 0 Å². The molecule has 0 saturated carbocycles. The van der Waals surface area contributed by atoms with Gasteiger partial charge in [-0.3, -0.25) is 0 Å². The lowest BCUT2D eigenvalue weighted by Crippen LogP contribution is -2.07. The first-order chi connectivity index (χ1) is 6.08. The van der Waals surface area contributed by atoms with Crippen LogP contribution in [0.4, 0.5) is 5.82 Å². The Bertz CT molecular complexity index is 303. The van der Waals surface area contributed by atoms with E-state index in [4.69, 9.17) is 23.2 Å². The van der Waals surface area contributed by atoms with Crippen LogP contribution < -0.4 is 0 Å². The fourth-order valence-electron chi connectivity index (χ4n) is 0.694. The summed E-state index contributed by atoms with van der Waals surface area (Å²) in [7, 11) is 3.74. The topological polar surface area (TPSA) is 28.5 Å². The van der Waals surface area contributed by atoms with Crippen molar-refractivity contribution in [3.63, 3.8) is 0 Å². The van der Waals surface area contributed by atoms with Crippen molar-refractivity contribution in [2.24, 2.45) is 4.99 Å². The minimum atomic E-state index is 0.346. The van der Waals surface area contributed by atoms with Crippen molar-refractivity contribution >= 4 is 35.4 Å². The van der Waals surface area contributed by atoms with Crippen LogP contribution in [0.1, 0.15) is 0 Å². The van der Waals surface area contributed by atoms with Crippen LogP contribution in [-0.4, -0.2) is 30.3 Å². The van der Waals surface area contributed by atoms with Crippen molar-refractivity contribution in [1.82, 2.24) is 9.88 Å². The zero-order valence-electron chi connectivity index (χ0n) is 7.33. The Hall–Kier alpha value is -0.800. The van der Waals surface area contributed by atoms with Gasteiger partial charge < -0.3 is 4.90 Å². The van der Waals surface area contributed by atoms with Gasteiger partial charge in [-0.15, -0.1) is 0 Å². The van der Waals surface area contributed by atoms with E-state index in [0.717, 1.165) is 0 Å². The van der Waals surface area contributed by atoms with Gasteiger partial charge in [-0.25, -0.2) is 9.98 Å². The molecule has 5 heteroatoms. The minimum absolute atomic E-state index is 0.346. The van der Waals surface area contributed by atoms with E-state index in [2.05, 4.69) is 9.98 Å². The van der Waals surface area contributed by atoms with Gasteiger partial charge >= 0.3 is 0 Å². The first kappa shape index (κ1) is 10.3. The lowest BCUT2D eigenvalue weighted by molar-refractivity contribution is 0.643. The third-order valence-corrected chi connectivity index (χ3v) is 1.58. The van der Waals surface area contributed by atoms with Gasteiger partial charge in [0.05, 0.1) is 6.34 Å². The molecule has 0 aromatic carbocycles. The zero-order valence-corrected chi connectivity index (χ0v) is 8.84. The maximum atomic E-state index is 5.75.